The van der Waals surface area contributed by atoms with E-state index in [1.807, 2.05) is 121 Å². The number of rotatable bonds is 15. The van der Waals surface area contributed by atoms with Crippen LogP contribution >= 0.6 is 11.6 Å². The predicted octanol–water partition coefficient (Wildman–Crippen LogP) is 6.30. The van der Waals surface area contributed by atoms with Crippen LogP contribution in [0.25, 0.3) is 0 Å². The van der Waals surface area contributed by atoms with Crippen molar-refractivity contribution in [1.82, 2.24) is 0 Å². The average molecular weight is 637 g/mol. The molecule has 9 heteroatoms. The zero-order chi connectivity index (χ0) is 30.6. The fourth-order valence-corrected chi connectivity index (χ4v) is 6.55. The summed E-state index contributed by atoms with van der Waals surface area (Å²) in [4.78, 5) is 0. The fourth-order valence-electron chi connectivity index (χ4n) is 5.10. The average Bonchev–Trinajstić information content (AvgIpc) is 3.07. The smallest absolute Gasteiger partial charge is 0.193 e. The molecule has 0 amide bonds. The molecule has 1 saturated heterocycles. The van der Waals surface area contributed by atoms with Crippen molar-refractivity contribution in [3.05, 3.63) is 144 Å². The molecule has 0 spiro atoms. The number of sulfone groups is 1. The van der Waals surface area contributed by atoms with E-state index >= 15 is 0 Å². The van der Waals surface area contributed by atoms with Gasteiger partial charge in [-0.2, -0.15) is 0 Å². The van der Waals surface area contributed by atoms with Gasteiger partial charge in [0, 0.05) is 0 Å². The lowest BCUT2D eigenvalue weighted by Crippen LogP contribution is -2.63. The highest BCUT2D eigenvalue weighted by Gasteiger charge is 2.52. The van der Waals surface area contributed by atoms with Gasteiger partial charge in [0.1, 0.15) is 29.6 Å². The van der Waals surface area contributed by atoms with E-state index in [0.717, 1.165) is 22.3 Å². The van der Waals surface area contributed by atoms with E-state index in [-0.39, 0.29) is 26.4 Å². The molecule has 4 aromatic rings. The first-order valence-corrected chi connectivity index (χ1v) is 16.8. The molecule has 1 aliphatic heterocycles. The summed E-state index contributed by atoms with van der Waals surface area (Å²) >= 11 is 6.01. The van der Waals surface area contributed by atoms with Crippen LogP contribution in [0.3, 0.4) is 0 Å². The van der Waals surface area contributed by atoms with Gasteiger partial charge in [-0.1, -0.05) is 121 Å². The van der Waals surface area contributed by atoms with Gasteiger partial charge in [0.25, 0.3) is 0 Å². The van der Waals surface area contributed by atoms with Gasteiger partial charge < -0.3 is 23.7 Å². The SMILES string of the molecule is O=S(=O)(CCl)[C@@H]1O[C@H](COCc2ccccc2)[C@H](OCc2ccccc2)[C@H](OCc2ccccc2)[C@H]1OCc1ccccc1. The highest BCUT2D eigenvalue weighted by Crippen LogP contribution is 2.33. The summed E-state index contributed by atoms with van der Waals surface area (Å²) in [5.41, 5.74) is 2.35. The van der Waals surface area contributed by atoms with Crippen molar-refractivity contribution in [2.24, 2.45) is 0 Å². The predicted molar refractivity (Wildman–Crippen MR) is 169 cm³/mol. The third kappa shape index (κ3) is 8.99. The monoisotopic (exact) mass is 636 g/mol. The molecule has 0 aliphatic carbocycles. The summed E-state index contributed by atoms with van der Waals surface area (Å²) in [5.74, 6) is 0. The number of benzene rings is 4. The quantitative estimate of drug-likeness (QED) is 0.142. The molecule has 0 saturated carbocycles. The lowest BCUT2D eigenvalue weighted by Gasteiger charge is -2.45. The van der Waals surface area contributed by atoms with E-state index in [1.165, 1.54) is 0 Å². The molecule has 5 rings (SSSR count). The molecule has 1 aliphatic rings. The first kappa shape index (κ1) is 32.3. The van der Waals surface area contributed by atoms with Gasteiger partial charge in [0.2, 0.25) is 0 Å². The molecule has 1 heterocycles. The number of ether oxygens (including phenoxy) is 5. The highest BCUT2D eigenvalue weighted by molar-refractivity contribution is 7.93. The van der Waals surface area contributed by atoms with Crippen LogP contribution in [-0.4, -0.2) is 50.1 Å². The number of halogens is 1. The first-order chi connectivity index (χ1) is 21.5. The van der Waals surface area contributed by atoms with Crippen LogP contribution in [0.4, 0.5) is 0 Å². The molecule has 0 aromatic heterocycles. The maximum Gasteiger partial charge on any atom is 0.193 e. The third-order valence-electron chi connectivity index (χ3n) is 7.35. The molecular formula is C35H37ClO7S. The Morgan fingerprint density at radius 2 is 0.932 bits per heavy atom. The summed E-state index contributed by atoms with van der Waals surface area (Å²) in [6.45, 7) is 1.01. The standard InChI is InChI=1S/C35H37ClO7S/c36-26-44(37,38)35-34(42-24-30-19-11-4-12-20-30)33(41-23-29-17-9-3-10-18-29)32(40-22-28-15-7-2-8-16-28)31(43-35)25-39-21-27-13-5-1-6-14-27/h1-20,31-35H,21-26H2/t31-,32+,33+,34-,35+/m1/s1. The summed E-state index contributed by atoms with van der Waals surface area (Å²) in [6, 6.07) is 38.7. The van der Waals surface area contributed by atoms with E-state index in [0.29, 0.717) is 6.61 Å². The minimum atomic E-state index is -3.96. The Hall–Kier alpha value is -3.08. The van der Waals surface area contributed by atoms with Gasteiger partial charge in [-0.25, -0.2) is 8.42 Å². The lowest BCUT2D eigenvalue weighted by atomic mass is 9.98. The normalized spacial score (nSPS) is 22.1. The largest absolute Gasteiger partial charge is 0.374 e. The molecule has 44 heavy (non-hydrogen) atoms. The molecule has 1 fully saturated rings. The Morgan fingerprint density at radius 1 is 0.545 bits per heavy atom. The van der Waals surface area contributed by atoms with Crippen molar-refractivity contribution in [1.29, 1.82) is 0 Å². The van der Waals surface area contributed by atoms with Crippen molar-refractivity contribution >= 4 is 21.4 Å². The van der Waals surface area contributed by atoms with Crippen molar-refractivity contribution in [2.45, 2.75) is 56.3 Å². The Morgan fingerprint density at radius 3 is 1.36 bits per heavy atom. The van der Waals surface area contributed by atoms with Crippen LogP contribution in [0.5, 0.6) is 0 Å². The van der Waals surface area contributed by atoms with Crippen LogP contribution in [0, 0.1) is 0 Å². The van der Waals surface area contributed by atoms with Gasteiger partial charge >= 0.3 is 0 Å². The Kier molecular flexibility index (Phi) is 12.0. The van der Waals surface area contributed by atoms with Crippen molar-refractivity contribution < 1.29 is 32.1 Å². The van der Waals surface area contributed by atoms with Crippen LogP contribution in [0.1, 0.15) is 22.3 Å². The molecule has 5 atom stereocenters. The van der Waals surface area contributed by atoms with Gasteiger partial charge in [0.05, 0.1) is 33.0 Å². The van der Waals surface area contributed by atoms with Gasteiger partial charge in [-0.05, 0) is 22.3 Å². The second-order valence-corrected chi connectivity index (χ2v) is 13.3. The maximum absolute atomic E-state index is 13.4. The van der Waals surface area contributed by atoms with Crippen molar-refractivity contribution in [3.8, 4) is 0 Å². The summed E-state index contributed by atoms with van der Waals surface area (Å²) in [7, 11) is -3.96. The van der Waals surface area contributed by atoms with Crippen molar-refractivity contribution in [2.75, 3.05) is 11.8 Å². The molecule has 0 bridgehead atoms. The van der Waals surface area contributed by atoms with Gasteiger partial charge in [0.15, 0.2) is 15.3 Å². The number of alkyl halides is 1. The maximum atomic E-state index is 13.4. The minimum Gasteiger partial charge on any atom is -0.374 e. The molecule has 0 unspecified atom stereocenters. The molecule has 0 N–H and O–H groups in total. The zero-order valence-electron chi connectivity index (χ0n) is 24.3. The molecule has 7 nitrogen and oxygen atoms in total. The number of hydrogen-bond acceptors (Lipinski definition) is 7. The lowest BCUT2D eigenvalue weighted by molar-refractivity contribution is -0.256. The first-order valence-electron chi connectivity index (χ1n) is 14.5. The van der Waals surface area contributed by atoms with E-state index in [1.54, 1.807) is 0 Å². The molecule has 4 aromatic carbocycles. The molecular weight excluding hydrogens is 600 g/mol. The van der Waals surface area contributed by atoms with E-state index in [4.69, 9.17) is 35.3 Å². The topological polar surface area (TPSA) is 80.3 Å². The Bertz CT molecular complexity index is 1490. The van der Waals surface area contributed by atoms with Gasteiger partial charge in [-0.15, -0.1) is 11.6 Å². The van der Waals surface area contributed by atoms with Crippen molar-refractivity contribution in [3.63, 3.8) is 0 Å². The van der Waals surface area contributed by atoms with Crippen LogP contribution < -0.4 is 0 Å². The Balaban J connectivity index is 1.47. The molecule has 0 radical (unpaired) electrons. The van der Waals surface area contributed by atoms with E-state index in [2.05, 4.69) is 0 Å². The molecule has 232 valence electrons. The summed E-state index contributed by atoms with van der Waals surface area (Å²) < 4.78 is 58.8. The number of hydrogen-bond donors (Lipinski definition) is 0. The highest BCUT2D eigenvalue weighted by atomic mass is 35.5. The minimum absolute atomic E-state index is 0.0687. The van der Waals surface area contributed by atoms with E-state index in [9.17, 15) is 8.42 Å². The van der Waals surface area contributed by atoms with Crippen LogP contribution in [-0.2, 0) is 59.9 Å². The van der Waals surface area contributed by atoms with Crippen LogP contribution in [0.15, 0.2) is 121 Å². The fraction of sp³-hybridized carbons (Fsp3) is 0.314. The summed E-state index contributed by atoms with van der Waals surface area (Å²) in [6.07, 6.45) is -3.38. The van der Waals surface area contributed by atoms with E-state index < -0.39 is 44.9 Å². The summed E-state index contributed by atoms with van der Waals surface area (Å²) in [5, 5.41) is -0.637. The van der Waals surface area contributed by atoms with Gasteiger partial charge in [-0.3, -0.25) is 0 Å². The zero-order valence-corrected chi connectivity index (χ0v) is 25.9. The van der Waals surface area contributed by atoms with Crippen LogP contribution in [0.2, 0.25) is 0 Å². The second kappa shape index (κ2) is 16.3. The third-order valence-corrected chi connectivity index (χ3v) is 9.65. The Labute approximate surface area is 264 Å². The second-order valence-electron chi connectivity index (χ2n) is 10.6.